The number of ketones is 1. The molecule has 2 heterocycles. The van der Waals surface area contributed by atoms with Crippen LogP contribution >= 0.6 is 15.9 Å². The summed E-state index contributed by atoms with van der Waals surface area (Å²) in [5, 5.41) is 0. The van der Waals surface area contributed by atoms with Crippen LogP contribution in [-0.4, -0.2) is 25.3 Å². The predicted molar refractivity (Wildman–Crippen MR) is 99.9 cm³/mol. The first-order chi connectivity index (χ1) is 12.6. The van der Waals surface area contributed by atoms with Gasteiger partial charge in [-0.1, -0.05) is 46.3 Å². The first-order valence-corrected chi connectivity index (χ1v) is 8.43. The molecule has 8 heteroatoms. The van der Waals surface area contributed by atoms with E-state index >= 15 is 0 Å². The quantitative estimate of drug-likeness (QED) is 0.506. The number of fused-ring (bicyclic) bond motifs is 1. The maximum Gasteiger partial charge on any atom is 0.334 e. The van der Waals surface area contributed by atoms with Gasteiger partial charge in [-0.2, -0.15) is 0 Å². The van der Waals surface area contributed by atoms with Crippen LogP contribution < -0.4 is 11.2 Å². The van der Waals surface area contributed by atoms with Gasteiger partial charge >= 0.3 is 5.69 Å². The van der Waals surface area contributed by atoms with Crippen molar-refractivity contribution in [3.05, 3.63) is 91.3 Å². The lowest BCUT2D eigenvalue weighted by Gasteiger charge is -2.11. The highest BCUT2D eigenvalue weighted by molar-refractivity contribution is 9.10. The molecular weight excluding hydrogens is 400 g/mol. The van der Waals surface area contributed by atoms with E-state index in [1.165, 1.54) is 6.33 Å². The molecule has 0 radical (unpaired) electrons. The molecule has 0 spiro atoms. The molecule has 7 nitrogen and oxygen atoms in total. The van der Waals surface area contributed by atoms with Gasteiger partial charge in [-0.25, -0.2) is 14.3 Å². The van der Waals surface area contributed by atoms with E-state index in [-0.39, 0.29) is 28.2 Å². The van der Waals surface area contributed by atoms with Crippen LogP contribution in [0.4, 0.5) is 0 Å². The fraction of sp³-hybridized carbons (Fsp3) is 0. The van der Waals surface area contributed by atoms with Crippen LogP contribution in [0.2, 0.25) is 0 Å². The molecule has 128 valence electrons. The second kappa shape index (κ2) is 6.23. The van der Waals surface area contributed by atoms with Gasteiger partial charge in [0.15, 0.2) is 11.4 Å². The zero-order valence-electron chi connectivity index (χ0n) is 13.2. The Hall–Kier alpha value is -3.26. The molecule has 0 atom stereocenters. The largest absolute Gasteiger partial charge is 0.339 e. The summed E-state index contributed by atoms with van der Waals surface area (Å²) >= 11 is 3.34. The average Bonchev–Trinajstić information content (AvgIpc) is 3.11. The van der Waals surface area contributed by atoms with E-state index in [1.54, 1.807) is 48.5 Å². The van der Waals surface area contributed by atoms with Crippen LogP contribution in [-0.2, 0) is 0 Å². The smallest absolute Gasteiger partial charge is 0.334 e. The van der Waals surface area contributed by atoms with Crippen molar-refractivity contribution >= 4 is 32.9 Å². The van der Waals surface area contributed by atoms with Crippen LogP contribution in [0.25, 0.3) is 16.9 Å². The maximum absolute atomic E-state index is 13.0. The Bertz CT molecular complexity index is 1250. The molecule has 0 aliphatic carbocycles. The van der Waals surface area contributed by atoms with E-state index in [0.29, 0.717) is 10.0 Å². The van der Waals surface area contributed by atoms with Crippen LogP contribution in [0.1, 0.15) is 15.9 Å². The zero-order valence-corrected chi connectivity index (χ0v) is 14.8. The van der Waals surface area contributed by atoms with Crippen molar-refractivity contribution < 1.29 is 4.79 Å². The molecule has 0 saturated heterocycles. The van der Waals surface area contributed by atoms with Crippen molar-refractivity contribution in [3.8, 4) is 5.69 Å². The summed E-state index contributed by atoms with van der Waals surface area (Å²) < 4.78 is 1.59. The average molecular weight is 411 g/mol. The van der Waals surface area contributed by atoms with Crippen molar-refractivity contribution in [2.75, 3.05) is 0 Å². The second-order valence-electron chi connectivity index (χ2n) is 5.55. The fourth-order valence-corrected chi connectivity index (χ4v) is 3.12. The predicted octanol–water partition coefficient (Wildman–Crippen LogP) is 2.40. The number of halogens is 1. The zero-order chi connectivity index (χ0) is 18.3. The van der Waals surface area contributed by atoms with Crippen molar-refractivity contribution in [1.29, 1.82) is 0 Å². The van der Waals surface area contributed by atoms with Crippen LogP contribution in [0.5, 0.6) is 0 Å². The molecule has 0 unspecified atom stereocenters. The van der Waals surface area contributed by atoms with E-state index < -0.39 is 11.2 Å². The maximum atomic E-state index is 13.0. The van der Waals surface area contributed by atoms with E-state index in [9.17, 15) is 14.4 Å². The lowest BCUT2D eigenvalue weighted by molar-refractivity contribution is 0.103. The number of carbonyl (C=O) groups is 1. The summed E-state index contributed by atoms with van der Waals surface area (Å²) in [5.41, 5.74) is -0.0274. The number of nitrogens with zero attached hydrogens (tertiary/aromatic N) is 2. The minimum Gasteiger partial charge on any atom is -0.339 e. The number of carbonyl (C=O) groups excluding carboxylic acids is 1. The summed E-state index contributed by atoms with van der Waals surface area (Å²) in [6.07, 6.45) is 1.32. The van der Waals surface area contributed by atoms with E-state index in [2.05, 4.69) is 30.9 Å². The molecule has 0 saturated carbocycles. The SMILES string of the molecule is O=C(c1ccccc1)c1cc(Br)ccc1-n1c(=O)[nH]c2nc[nH]c2c1=O. The molecule has 4 rings (SSSR count). The number of imidazole rings is 1. The van der Waals surface area contributed by atoms with Gasteiger partial charge in [0.25, 0.3) is 5.56 Å². The van der Waals surface area contributed by atoms with Gasteiger partial charge in [0, 0.05) is 15.6 Å². The van der Waals surface area contributed by atoms with Crippen molar-refractivity contribution in [2.24, 2.45) is 0 Å². The number of benzene rings is 2. The Kier molecular flexibility index (Phi) is 3.89. The molecule has 0 fully saturated rings. The highest BCUT2D eigenvalue weighted by atomic mass is 79.9. The van der Waals surface area contributed by atoms with Crippen molar-refractivity contribution in [1.82, 2.24) is 19.5 Å². The monoisotopic (exact) mass is 410 g/mol. The topological polar surface area (TPSA) is 101 Å². The summed E-state index contributed by atoms with van der Waals surface area (Å²) in [7, 11) is 0. The lowest BCUT2D eigenvalue weighted by atomic mass is 10.0. The Morgan fingerprint density at radius 1 is 1.08 bits per heavy atom. The first-order valence-electron chi connectivity index (χ1n) is 7.64. The Balaban J connectivity index is 2.01. The standard InChI is InChI=1S/C18H11BrN4O3/c19-11-6-7-13(12(8-11)15(24)10-4-2-1-3-5-10)23-17(25)14-16(21-9-20-14)22-18(23)26/h1-9H,(H,20,21)(H,22,26). The van der Waals surface area contributed by atoms with Gasteiger partial charge in [-0.3, -0.25) is 14.6 Å². The number of hydrogen-bond acceptors (Lipinski definition) is 4. The number of aromatic nitrogens is 4. The van der Waals surface area contributed by atoms with Gasteiger partial charge < -0.3 is 4.98 Å². The normalized spacial score (nSPS) is 11.0. The third-order valence-corrected chi connectivity index (χ3v) is 4.46. The first kappa shape index (κ1) is 16.2. The third kappa shape index (κ3) is 2.60. The second-order valence-corrected chi connectivity index (χ2v) is 6.47. The van der Waals surface area contributed by atoms with Crippen molar-refractivity contribution in [3.63, 3.8) is 0 Å². The summed E-state index contributed by atoms with van der Waals surface area (Å²) in [5.74, 6) is -0.294. The molecule has 4 aromatic rings. The van der Waals surface area contributed by atoms with Gasteiger partial charge in [-0.15, -0.1) is 0 Å². The number of rotatable bonds is 3. The van der Waals surface area contributed by atoms with Crippen LogP contribution in [0.3, 0.4) is 0 Å². The number of nitrogens with one attached hydrogen (secondary N) is 2. The van der Waals surface area contributed by atoms with E-state index in [1.807, 2.05) is 0 Å². The number of aromatic amines is 2. The number of H-pyrrole nitrogens is 2. The fourth-order valence-electron chi connectivity index (χ4n) is 2.76. The molecule has 0 aliphatic rings. The van der Waals surface area contributed by atoms with Crippen LogP contribution in [0, 0.1) is 0 Å². The minimum absolute atomic E-state index is 0.158. The third-order valence-electron chi connectivity index (χ3n) is 3.96. The molecule has 2 aromatic carbocycles. The van der Waals surface area contributed by atoms with Crippen molar-refractivity contribution in [2.45, 2.75) is 0 Å². The van der Waals surface area contributed by atoms with Gasteiger partial charge in [0.05, 0.1) is 12.0 Å². The van der Waals surface area contributed by atoms with Gasteiger partial charge in [0.2, 0.25) is 0 Å². The Morgan fingerprint density at radius 2 is 1.85 bits per heavy atom. The summed E-state index contributed by atoms with van der Waals surface area (Å²) in [6.45, 7) is 0. The molecule has 2 N–H and O–H groups in total. The van der Waals surface area contributed by atoms with Gasteiger partial charge in [0.1, 0.15) is 5.52 Å². The lowest BCUT2D eigenvalue weighted by Crippen LogP contribution is -2.34. The molecule has 0 aliphatic heterocycles. The summed E-state index contributed by atoms with van der Waals surface area (Å²) in [4.78, 5) is 47.3. The molecule has 0 amide bonds. The number of hydrogen-bond donors (Lipinski definition) is 2. The summed E-state index contributed by atoms with van der Waals surface area (Å²) in [6, 6.07) is 13.5. The Morgan fingerprint density at radius 3 is 2.62 bits per heavy atom. The van der Waals surface area contributed by atoms with Crippen LogP contribution in [0.15, 0.2) is 68.9 Å². The Labute approximate surface area is 154 Å². The van der Waals surface area contributed by atoms with E-state index in [0.717, 1.165) is 4.57 Å². The molecule has 26 heavy (non-hydrogen) atoms. The van der Waals surface area contributed by atoms with E-state index in [4.69, 9.17) is 0 Å². The van der Waals surface area contributed by atoms with Gasteiger partial charge in [-0.05, 0) is 18.2 Å². The molecule has 0 bridgehead atoms. The highest BCUT2D eigenvalue weighted by Gasteiger charge is 2.19. The highest BCUT2D eigenvalue weighted by Crippen LogP contribution is 2.22. The minimum atomic E-state index is -0.668. The molecule has 2 aromatic heterocycles. The molecular formula is C18H11BrN4O3.